The molecular weight excluding hydrogens is 312 g/mol. The maximum Gasteiger partial charge on any atom is 0.243 e. The topological polar surface area (TPSA) is 66.5 Å². The molecule has 0 saturated heterocycles. The predicted molar refractivity (Wildman–Crippen MR) is 90.5 cm³/mol. The van der Waals surface area contributed by atoms with Crippen LogP contribution in [0.25, 0.3) is 0 Å². The van der Waals surface area contributed by atoms with Gasteiger partial charge in [0.2, 0.25) is 5.91 Å². The number of anilines is 2. The van der Waals surface area contributed by atoms with Crippen molar-refractivity contribution in [1.29, 1.82) is 0 Å². The van der Waals surface area contributed by atoms with Crippen molar-refractivity contribution in [2.45, 2.75) is 11.3 Å². The number of carbonyl (C=O) groups excluding carboxylic acids is 1. The predicted octanol–water partition coefficient (Wildman–Crippen LogP) is 2.09. The molecule has 3 rings (SSSR count). The summed E-state index contributed by atoms with van der Waals surface area (Å²) in [5.74, 6) is -0.224. The maximum absolute atomic E-state index is 12.3. The fourth-order valence-corrected chi connectivity index (χ4v) is 3.67. The fourth-order valence-electron chi connectivity index (χ4n) is 2.83. The van der Waals surface area contributed by atoms with Gasteiger partial charge in [-0.1, -0.05) is 30.3 Å². The molecule has 2 aromatic carbocycles. The van der Waals surface area contributed by atoms with Crippen molar-refractivity contribution in [3.8, 4) is 0 Å². The molecule has 6 heteroatoms. The van der Waals surface area contributed by atoms with E-state index < -0.39 is 9.84 Å². The molecule has 0 atom stereocenters. The lowest BCUT2D eigenvalue weighted by Gasteiger charge is -2.19. The molecule has 1 aliphatic rings. The number of fused-ring (bicyclic) bond motifs is 1. The molecule has 1 N–H and O–H groups in total. The van der Waals surface area contributed by atoms with Gasteiger partial charge in [0.25, 0.3) is 0 Å². The number of para-hydroxylation sites is 2. The lowest BCUT2D eigenvalue weighted by molar-refractivity contribution is -0.115. The lowest BCUT2D eigenvalue weighted by atomic mass is 10.2. The highest BCUT2D eigenvalue weighted by Gasteiger charge is 2.21. The van der Waals surface area contributed by atoms with Crippen molar-refractivity contribution in [1.82, 2.24) is 0 Å². The van der Waals surface area contributed by atoms with E-state index in [-0.39, 0.29) is 17.3 Å². The fraction of sp³-hybridized carbons (Fsp3) is 0.235. The van der Waals surface area contributed by atoms with Crippen molar-refractivity contribution in [2.24, 2.45) is 0 Å². The molecule has 0 aliphatic carbocycles. The van der Waals surface area contributed by atoms with Crippen LogP contribution in [0, 0.1) is 0 Å². The standard InChI is InChI=1S/C17H18N2O3S/c1-23(21,22)16-9-5-3-7-14(16)18-17(20)12-19-11-10-13-6-2-4-8-15(13)19/h2-9H,10-12H2,1H3,(H,18,20). The van der Waals surface area contributed by atoms with E-state index in [1.54, 1.807) is 18.2 Å². The molecule has 0 bridgehead atoms. The summed E-state index contributed by atoms with van der Waals surface area (Å²) < 4.78 is 23.6. The highest BCUT2D eigenvalue weighted by molar-refractivity contribution is 7.90. The van der Waals surface area contributed by atoms with Crippen LogP contribution in [0.4, 0.5) is 11.4 Å². The Morgan fingerprint density at radius 3 is 2.61 bits per heavy atom. The third kappa shape index (κ3) is 3.37. The van der Waals surface area contributed by atoms with Gasteiger partial charge >= 0.3 is 0 Å². The molecule has 0 saturated carbocycles. The molecule has 5 nitrogen and oxygen atoms in total. The van der Waals surface area contributed by atoms with Crippen molar-refractivity contribution in [3.05, 3.63) is 54.1 Å². The van der Waals surface area contributed by atoms with Crippen molar-refractivity contribution in [2.75, 3.05) is 29.6 Å². The van der Waals surface area contributed by atoms with Gasteiger partial charge < -0.3 is 10.2 Å². The third-order valence-corrected chi connectivity index (χ3v) is 5.03. The Morgan fingerprint density at radius 2 is 1.83 bits per heavy atom. The highest BCUT2D eigenvalue weighted by Crippen LogP contribution is 2.27. The Balaban J connectivity index is 1.75. The minimum absolute atomic E-state index is 0.134. The van der Waals surface area contributed by atoms with Crippen LogP contribution in [0.5, 0.6) is 0 Å². The van der Waals surface area contributed by atoms with E-state index in [9.17, 15) is 13.2 Å². The number of hydrogen-bond acceptors (Lipinski definition) is 4. The number of benzene rings is 2. The number of nitrogens with one attached hydrogen (secondary N) is 1. The zero-order valence-corrected chi connectivity index (χ0v) is 13.6. The molecule has 1 aliphatic heterocycles. The molecule has 0 fully saturated rings. The summed E-state index contributed by atoms with van der Waals surface area (Å²) in [5, 5.41) is 2.72. The van der Waals surface area contributed by atoms with Gasteiger partial charge in [-0.2, -0.15) is 0 Å². The summed E-state index contributed by atoms with van der Waals surface area (Å²) in [6.07, 6.45) is 2.05. The largest absolute Gasteiger partial charge is 0.362 e. The first-order chi connectivity index (χ1) is 10.9. The van der Waals surface area contributed by atoms with E-state index in [0.717, 1.165) is 24.9 Å². The van der Waals surface area contributed by atoms with Gasteiger partial charge in [0, 0.05) is 18.5 Å². The van der Waals surface area contributed by atoms with E-state index in [1.807, 2.05) is 23.1 Å². The number of hydrogen-bond donors (Lipinski definition) is 1. The van der Waals surface area contributed by atoms with Crippen LogP contribution in [0.2, 0.25) is 0 Å². The van der Waals surface area contributed by atoms with Gasteiger partial charge in [-0.05, 0) is 30.2 Å². The van der Waals surface area contributed by atoms with Gasteiger partial charge in [-0.3, -0.25) is 4.79 Å². The molecule has 1 amide bonds. The van der Waals surface area contributed by atoms with E-state index in [4.69, 9.17) is 0 Å². The normalized spacial score (nSPS) is 13.7. The molecule has 23 heavy (non-hydrogen) atoms. The Hall–Kier alpha value is -2.34. The smallest absolute Gasteiger partial charge is 0.243 e. The first-order valence-electron chi connectivity index (χ1n) is 7.37. The van der Waals surface area contributed by atoms with Crippen LogP contribution in [0.1, 0.15) is 5.56 Å². The van der Waals surface area contributed by atoms with E-state index >= 15 is 0 Å². The average Bonchev–Trinajstić information content (AvgIpc) is 2.90. The summed E-state index contributed by atoms with van der Waals surface area (Å²) in [6.45, 7) is 0.996. The molecule has 1 heterocycles. The average molecular weight is 330 g/mol. The maximum atomic E-state index is 12.3. The van der Waals surface area contributed by atoms with Gasteiger partial charge in [0.1, 0.15) is 0 Å². The van der Waals surface area contributed by atoms with Crippen LogP contribution in [-0.4, -0.2) is 33.7 Å². The van der Waals surface area contributed by atoms with Crippen LogP contribution in [0.15, 0.2) is 53.4 Å². The number of sulfone groups is 1. The quantitative estimate of drug-likeness (QED) is 0.932. The van der Waals surface area contributed by atoms with Gasteiger partial charge in [0.15, 0.2) is 9.84 Å². The molecular formula is C17H18N2O3S. The Labute approximate surface area is 135 Å². The SMILES string of the molecule is CS(=O)(=O)c1ccccc1NC(=O)CN1CCc2ccccc21. The zero-order chi connectivity index (χ0) is 16.4. The summed E-state index contributed by atoms with van der Waals surface area (Å²) >= 11 is 0. The second-order valence-electron chi connectivity index (χ2n) is 5.62. The minimum Gasteiger partial charge on any atom is -0.362 e. The second-order valence-corrected chi connectivity index (χ2v) is 7.60. The second kappa shape index (κ2) is 6.04. The number of rotatable bonds is 4. The van der Waals surface area contributed by atoms with Crippen LogP contribution >= 0.6 is 0 Å². The molecule has 0 unspecified atom stereocenters. The molecule has 120 valence electrons. The monoisotopic (exact) mass is 330 g/mol. The number of nitrogens with zero attached hydrogens (tertiary/aromatic N) is 1. The van der Waals surface area contributed by atoms with Crippen LogP contribution in [0.3, 0.4) is 0 Å². The summed E-state index contributed by atoms with van der Waals surface area (Å²) in [4.78, 5) is 14.5. The van der Waals surface area contributed by atoms with Crippen molar-refractivity contribution < 1.29 is 13.2 Å². The van der Waals surface area contributed by atoms with Gasteiger partial charge in [0.05, 0.1) is 17.1 Å². The van der Waals surface area contributed by atoms with E-state index in [1.165, 1.54) is 11.6 Å². The van der Waals surface area contributed by atoms with Crippen molar-refractivity contribution >= 4 is 27.1 Å². The lowest BCUT2D eigenvalue weighted by Crippen LogP contribution is -2.32. The summed E-state index contributed by atoms with van der Waals surface area (Å²) in [7, 11) is -3.38. The Kier molecular flexibility index (Phi) is 4.09. The molecule has 0 aromatic heterocycles. The first-order valence-corrected chi connectivity index (χ1v) is 9.26. The van der Waals surface area contributed by atoms with E-state index in [2.05, 4.69) is 11.4 Å². The Morgan fingerprint density at radius 1 is 1.13 bits per heavy atom. The van der Waals surface area contributed by atoms with Gasteiger partial charge in [-0.25, -0.2) is 8.42 Å². The van der Waals surface area contributed by atoms with Gasteiger partial charge in [-0.15, -0.1) is 0 Å². The minimum atomic E-state index is -3.38. The number of amides is 1. The summed E-state index contributed by atoms with van der Waals surface area (Å²) in [6, 6.07) is 14.4. The van der Waals surface area contributed by atoms with Crippen LogP contribution < -0.4 is 10.2 Å². The molecule has 2 aromatic rings. The molecule has 0 spiro atoms. The van der Waals surface area contributed by atoms with Crippen LogP contribution in [-0.2, 0) is 21.1 Å². The molecule has 0 radical (unpaired) electrons. The number of carbonyl (C=O) groups is 1. The Bertz CT molecular complexity index is 846. The summed E-state index contributed by atoms with van der Waals surface area (Å²) in [5.41, 5.74) is 2.63. The first kappa shape index (κ1) is 15.6. The van der Waals surface area contributed by atoms with Crippen molar-refractivity contribution in [3.63, 3.8) is 0 Å². The highest BCUT2D eigenvalue weighted by atomic mass is 32.2. The third-order valence-electron chi connectivity index (χ3n) is 3.88. The zero-order valence-electron chi connectivity index (χ0n) is 12.8. The van der Waals surface area contributed by atoms with E-state index in [0.29, 0.717) is 5.69 Å².